The van der Waals surface area contributed by atoms with E-state index >= 15 is 0 Å². The molecule has 0 spiro atoms. The molecule has 0 bridgehead atoms. The maximum Gasteiger partial charge on any atom is 0.115 e. The minimum atomic E-state index is 0.000601. The number of fused-ring (bicyclic) bond motifs is 3. The molecule has 23 heavy (non-hydrogen) atoms. The van der Waals surface area contributed by atoms with Crippen molar-refractivity contribution in [3.63, 3.8) is 0 Å². The Kier molecular flexibility index (Phi) is 3.44. The van der Waals surface area contributed by atoms with E-state index in [1.165, 1.54) is 0 Å². The van der Waals surface area contributed by atoms with Gasteiger partial charge in [0.15, 0.2) is 0 Å². The molecule has 0 saturated carbocycles. The number of hydrogen-bond acceptors (Lipinski definition) is 4. The van der Waals surface area contributed by atoms with Crippen LogP contribution in [0.4, 0.5) is 5.69 Å². The summed E-state index contributed by atoms with van der Waals surface area (Å²) in [5.41, 5.74) is 3.61. The molecule has 1 fully saturated rings. The van der Waals surface area contributed by atoms with E-state index < -0.39 is 0 Å². The molecule has 0 aliphatic carbocycles. The van der Waals surface area contributed by atoms with E-state index in [4.69, 9.17) is 4.74 Å². The lowest BCUT2D eigenvalue weighted by atomic mass is 9.77. The second-order valence-electron chi connectivity index (χ2n) is 6.20. The lowest BCUT2D eigenvalue weighted by Crippen LogP contribution is -2.36. The molecule has 4 rings (SSSR count). The minimum absolute atomic E-state index is 0.000601. The fourth-order valence-electron chi connectivity index (χ4n) is 3.84. The van der Waals surface area contributed by atoms with Crippen LogP contribution in [-0.4, -0.2) is 11.7 Å². The third-order valence-electron chi connectivity index (χ3n) is 4.85. The number of benzene rings is 2. The predicted octanol–water partition coefficient (Wildman–Crippen LogP) is 3.90. The highest BCUT2D eigenvalue weighted by molar-refractivity contribution is 5.66. The van der Waals surface area contributed by atoms with Gasteiger partial charge in [0.05, 0.1) is 23.4 Å². The summed E-state index contributed by atoms with van der Waals surface area (Å²) >= 11 is 0. The highest BCUT2D eigenvalue weighted by Crippen LogP contribution is 2.50. The average molecular weight is 306 g/mol. The van der Waals surface area contributed by atoms with E-state index in [0.29, 0.717) is 11.5 Å². The second kappa shape index (κ2) is 5.60. The number of anilines is 1. The molecule has 2 aromatic rings. The van der Waals surface area contributed by atoms with E-state index in [1.807, 2.05) is 30.3 Å². The highest BCUT2D eigenvalue weighted by Gasteiger charge is 2.40. The largest absolute Gasteiger partial charge is 0.508 e. The summed E-state index contributed by atoms with van der Waals surface area (Å²) in [5, 5.41) is 22.8. The molecule has 0 amide bonds. The fourth-order valence-corrected chi connectivity index (χ4v) is 3.84. The lowest BCUT2D eigenvalue weighted by molar-refractivity contribution is -0.0381. The Labute approximate surface area is 135 Å². The van der Waals surface area contributed by atoms with Gasteiger partial charge in [0.2, 0.25) is 0 Å². The number of phenolic OH excluding ortho intramolecular Hbond substituents is 1. The van der Waals surface area contributed by atoms with Gasteiger partial charge in [-0.2, -0.15) is 5.26 Å². The number of ether oxygens (including phenoxy) is 1. The van der Waals surface area contributed by atoms with Crippen molar-refractivity contribution in [1.82, 2.24) is 0 Å². The number of nitriles is 1. The van der Waals surface area contributed by atoms with Gasteiger partial charge < -0.3 is 15.2 Å². The van der Waals surface area contributed by atoms with Crippen LogP contribution in [0.5, 0.6) is 5.75 Å². The fraction of sp³-hybridized carbons (Fsp3) is 0.316. The zero-order valence-electron chi connectivity index (χ0n) is 12.7. The Balaban J connectivity index is 1.83. The summed E-state index contributed by atoms with van der Waals surface area (Å²) in [4.78, 5) is 0. The van der Waals surface area contributed by atoms with Crippen LogP contribution >= 0.6 is 0 Å². The van der Waals surface area contributed by atoms with Gasteiger partial charge in [-0.15, -0.1) is 0 Å². The van der Waals surface area contributed by atoms with Gasteiger partial charge in [-0.3, -0.25) is 0 Å². The number of rotatable bonds is 1. The summed E-state index contributed by atoms with van der Waals surface area (Å²) in [5.74, 6) is 0.559. The Morgan fingerprint density at radius 1 is 1.22 bits per heavy atom. The number of phenols is 1. The van der Waals surface area contributed by atoms with Gasteiger partial charge in [-0.1, -0.05) is 24.3 Å². The first-order valence-electron chi connectivity index (χ1n) is 7.98. The molecule has 2 N–H and O–H groups in total. The number of para-hydroxylation sites is 1. The van der Waals surface area contributed by atoms with Gasteiger partial charge in [0, 0.05) is 18.1 Å². The van der Waals surface area contributed by atoms with E-state index in [-0.39, 0.29) is 17.9 Å². The predicted molar refractivity (Wildman–Crippen MR) is 87.0 cm³/mol. The quantitative estimate of drug-likeness (QED) is 0.838. The third kappa shape index (κ3) is 2.34. The van der Waals surface area contributed by atoms with Crippen LogP contribution < -0.4 is 5.32 Å². The molecule has 0 radical (unpaired) electrons. The normalized spacial score (nSPS) is 25.6. The van der Waals surface area contributed by atoms with Crippen LogP contribution in [0.1, 0.15) is 41.7 Å². The van der Waals surface area contributed by atoms with Gasteiger partial charge in [0.1, 0.15) is 11.8 Å². The van der Waals surface area contributed by atoms with Crippen LogP contribution in [0.15, 0.2) is 42.5 Å². The topological polar surface area (TPSA) is 65.3 Å². The summed E-state index contributed by atoms with van der Waals surface area (Å²) in [6.45, 7) is 0.754. The summed E-state index contributed by atoms with van der Waals surface area (Å²) in [6.07, 6.45) is 2.10. The first-order valence-corrected chi connectivity index (χ1v) is 7.98. The molecule has 2 aromatic carbocycles. The standard InChI is InChI=1S/C19H18N2O2/c20-11-13-5-2-7-15-18(13)21-17(12-4-1-6-14(22)10-12)16-8-3-9-23-19(15)16/h1-2,4-7,10,16-17,19,21-22H,3,8-9H2/t16-,17-,19+/m0/s1. The van der Waals surface area contributed by atoms with E-state index in [0.717, 1.165) is 36.3 Å². The minimum Gasteiger partial charge on any atom is -0.508 e. The molecular formula is C19H18N2O2. The Hall–Kier alpha value is -2.51. The summed E-state index contributed by atoms with van der Waals surface area (Å²) < 4.78 is 6.08. The maximum atomic E-state index is 9.82. The first kappa shape index (κ1) is 14.1. The monoisotopic (exact) mass is 306 g/mol. The molecule has 116 valence electrons. The molecule has 0 aromatic heterocycles. The van der Waals surface area contributed by atoms with Crippen molar-refractivity contribution < 1.29 is 9.84 Å². The van der Waals surface area contributed by atoms with Crippen molar-refractivity contribution in [3.05, 3.63) is 59.2 Å². The van der Waals surface area contributed by atoms with Crippen molar-refractivity contribution in [2.45, 2.75) is 25.0 Å². The smallest absolute Gasteiger partial charge is 0.115 e. The van der Waals surface area contributed by atoms with Gasteiger partial charge in [-0.25, -0.2) is 0 Å². The Morgan fingerprint density at radius 3 is 2.91 bits per heavy atom. The Morgan fingerprint density at radius 2 is 2.09 bits per heavy atom. The second-order valence-corrected chi connectivity index (χ2v) is 6.20. The Bertz CT molecular complexity index is 781. The average Bonchev–Trinajstić information content (AvgIpc) is 2.60. The number of aromatic hydroxyl groups is 1. The number of nitrogens with zero attached hydrogens (tertiary/aromatic N) is 1. The van der Waals surface area contributed by atoms with E-state index in [1.54, 1.807) is 12.1 Å². The third-order valence-corrected chi connectivity index (χ3v) is 4.85. The van der Waals surface area contributed by atoms with Gasteiger partial charge in [0.25, 0.3) is 0 Å². The molecular weight excluding hydrogens is 288 g/mol. The van der Waals surface area contributed by atoms with Crippen LogP contribution in [0, 0.1) is 17.2 Å². The van der Waals surface area contributed by atoms with Crippen molar-refractivity contribution in [2.24, 2.45) is 5.92 Å². The SMILES string of the molecule is N#Cc1cccc2c1N[C@@H](c1cccc(O)c1)[C@@H]1CCCO[C@H]21. The summed E-state index contributed by atoms with van der Waals surface area (Å²) in [6, 6.07) is 15.4. The molecule has 4 nitrogen and oxygen atoms in total. The zero-order valence-corrected chi connectivity index (χ0v) is 12.7. The van der Waals surface area contributed by atoms with Crippen molar-refractivity contribution in [2.75, 3.05) is 11.9 Å². The molecule has 3 atom stereocenters. The molecule has 2 aliphatic heterocycles. The van der Waals surface area contributed by atoms with Crippen molar-refractivity contribution >= 4 is 5.69 Å². The molecule has 4 heteroatoms. The van der Waals surface area contributed by atoms with Crippen LogP contribution in [0.3, 0.4) is 0 Å². The van der Waals surface area contributed by atoms with Crippen LogP contribution in [0.2, 0.25) is 0 Å². The van der Waals surface area contributed by atoms with Crippen LogP contribution in [0.25, 0.3) is 0 Å². The van der Waals surface area contributed by atoms with E-state index in [2.05, 4.69) is 11.4 Å². The molecule has 0 unspecified atom stereocenters. The lowest BCUT2D eigenvalue weighted by Gasteiger charge is -2.43. The first-order chi connectivity index (χ1) is 11.3. The molecule has 2 heterocycles. The number of nitrogens with one attached hydrogen (secondary N) is 1. The zero-order chi connectivity index (χ0) is 15.8. The molecule has 1 saturated heterocycles. The van der Waals surface area contributed by atoms with Crippen molar-refractivity contribution in [3.8, 4) is 11.8 Å². The number of hydrogen-bond donors (Lipinski definition) is 2. The van der Waals surface area contributed by atoms with Crippen LogP contribution in [-0.2, 0) is 4.74 Å². The van der Waals surface area contributed by atoms with Crippen molar-refractivity contribution in [1.29, 1.82) is 5.26 Å². The maximum absolute atomic E-state index is 9.82. The van der Waals surface area contributed by atoms with Gasteiger partial charge in [-0.05, 0) is 36.6 Å². The summed E-state index contributed by atoms with van der Waals surface area (Å²) in [7, 11) is 0. The molecule has 2 aliphatic rings. The highest BCUT2D eigenvalue weighted by atomic mass is 16.5. The van der Waals surface area contributed by atoms with Gasteiger partial charge >= 0.3 is 0 Å². The van der Waals surface area contributed by atoms with E-state index in [9.17, 15) is 10.4 Å².